The van der Waals surface area contributed by atoms with Crippen LogP contribution in [-0.2, 0) is 14.8 Å². The Bertz CT molecular complexity index is 1040. The van der Waals surface area contributed by atoms with Gasteiger partial charge in [0, 0.05) is 18.7 Å². The van der Waals surface area contributed by atoms with Crippen LogP contribution in [0.3, 0.4) is 0 Å². The Morgan fingerprint density at radius 2 is 1.64 bits per heavy atom. The fourth-order valence-electron chi connectivity index (χ4n) is 2.83. The standard InChI is InChI=1S/C20H21N3O4S/c1-14-20(15(2)27-23-14)28(25,26)21-13-12-19(24)22-18-10-8-17(9-11-18)16-6-4-3-5-7-16/h3-11,21H,12-13H2,1-2H3,(H,22,24). The Balaban J connectivity index is 1.53. The third-order valence-electron chi connectivity index (χ3n) is 4.16. The highest BCUT2D eigenvalue weighted by atomic mass is 32.2. The molecule has 2 aromatic carbocycles. The van der Waals surface area contributed by atoms with Crippen LogP contribution in [0.4, 0.5) is 5.69 Å². The van der Waals surface area contributed by atoms with E-state index in [0.29, 0.717) is 5.69 Å². The third-order valence-corrected chi connectivity index (χ3v) is 5.86. The minimum atomic E-state index is -3.77. The Kier molecular flexibility index (Phi) is 5.91. The number of hydrogen-bond donors (Lipinski definition) is 2. The molecule has 2 N–H and O–H groups in total. The molecule has 28 heavy (non-hydrogen) atoms. The van der Waals surface area contributed by atoms with Crippen molar-refractivity contribution in [3.8, 4) is 11.1 Å². The van der Waals surface area contributed by atoms with Crippen molar-refractivity contribution in [2.75, 3.05) is 11.9 Å². The second kappa shape index (κ2) is 8.37. The number of hydrogen-bond acceptors (Lipinski definition) is 5. The average Bonchev–Trinajstić information content (AvgIpc) is 3.02. The molecule has 0 bridgehead atoms. The van der Waals surface area contributed by atoms with Crippen LogP contribution in [0.2, 0.25) is 0 Å². The van der Waals surface area contributed by atoms with Gasteiger partial charge in [-0.1, -0.05) is 47.6 Å². The van der Waals surface area contributed by atoms with E-state index in [9.17, 15) is 13.2 Å². The quantitative estimate of drug-likeness (QED) is 0.635. The van der Waals surface area contributed by atoms with E-state index in [2.05, 4.69) is 15.2 Å². The van der Waals surface area contributed by atoms with Gasteiger partial charge in [0.2, 0.25) is 15.9 Å². The molecule has 0 aliphatic carbocycles. The van der Waals surface area contributed by atoms with Crippen LogP contribution < -0.4 is 10.0 Å². The first-order valence-electron chi connectivity index (χ1n) is 8.75. The smallest absolute Gasteiger partial charge is 0.245 e. The topological polar surface area (TPSA) is 101 Å². The summed E-state index contributed by atoms with van der Waals surface area (Å²) in [6, 6.07) is 17.4. The molecule has 0 aliphatic heterocycles. The Labute approximate surface area is 163 Å². The number of rotatable bonds is 7. The van der Waals surface area contributed by atoms with Crippen molar-refractivity contribution in [2.45, 2.75) is 25.2 Å². The summed E-state index contributed by atoms with van der Waals surface area (Å²) >= 11 is 0. The lowest BCUT2D eigenvalue weighted by Crippen LogP contribution is -2.28. The van der Waals surface area contributed by atoms with Gasteiger partial charge in [-0.2, -0.15) is 0 Å². The average molecular weight is 399 g/mol. The van der Waals surface area contributed by atoms with E-state index in [1.54, 1.807) is 6.92 Å². The van der Waals surface area contributed by atoms with Crippen molar-refractivity contribution in [1.82, 2.24) is 9.88 Å². The van der Waals surface area contributed by atoms with Crippen LogP contribution >= 0.6 is 0 Å². The molecule has 3 aromatic rings. The first-order chi connectivity index (χ1) is 13.4. The molecule has 0 spiro atoms. The SMILES string of the molecule is Cc1noc(C)c1S(=O)(=O)NCCC(=O)Nc1ccc(-c2ccccc2)cc1. The molecular formula is C20H21N3O4S. The van der Waals surface area contributed by atoms with Gasteiger partial charge in [0.15, 0.2) is 5.76 Å². The summed E-state index contributed by atoms with van der Waals surface area (Å²) < 4.78 is 31.9. The van der Waals surface area contributed by atoms with Crippen LogP contribution in [0.1, 0.15) is 17.9 Å². The highest BCUT2D eigenvalue weighted by molar-refractivity contribution is 7.89. The third kappa shape index (κ3) is 4.65. The lowest BCUT2D eigenvalue weighted by atomic mass is 10.1. The number of carbonyl (C=O) groups is 1. The van der Waals surface area contributed by atoms with Crippen LogP contribution in [-0.4, -0.2) is 26.0 Å². The summed E-state index contributed by atoms with van der Waals surface area (Å²) in [6.45, 7) is 3.05. The van der Waals surface area contributed by atoms with E-state index < -0.39 is 10.0 Å². The predicted octanol–water partition coefficient (Wildman–Crippen LogP) is 3.27. The molecule has 0 radical (unpaired) electrons. The van der Waals surface area contributed by atoms with Crippen molar-refractivity contribution in [3.05, 3.63) is 66.1 Å². The van der Waals surface area contributed by atoms with E-state index in [0.717, 1.165) is 11.1 Å². The van der Waals surface area contributed by atoms with Crippen LogP contribution in [0.25, 0.3) is 11.1 Å². The fourth-order valence-corrected chi connectivity index (χ4v) is 4.19. The van der Waals surface area contributed by atoms with Crippen LogP contribution in [0.5, 0.6) is 0 Å². The maximum atomic E-state index is 12.3. The largest absolute Gasteiger partial charge is 0.360 e. The van der Waals surface area contributed by atoms with Gasteiger partial charge in [0.1, 0.15) is 10.6 Å². The highest BCUT2D eigenvalue weighted by Crippen LogP contribution is 2.21. The highest BCUT2D eigenvalue weighted by Gasteiger charge is 2.23. The van der Waals surface area contributed by atoms with Gasteiger partial charge in [-0.25, -0.2) is 13.1 Å². The van der Waals surface area contributed by atoms with E-state index >= 15 is 0 Å². The van der Waals surface area contributed by atoms with E-state index in [4.69, 9.17) is 4.52 Å². The first-order valence-corrected chi connectivity index (χ1v) is 10.2. The molecule has 7 nitrogen and oxygen atoms in total. The molecule has 0 saturated heterocycles. The fraction of sp³-hybridized carbons (Fsp3) is 0.200. The molecule has 1 heterocycles. The van der Waals surface area contributed by atoms with Crippen molar-refractivity contribution < 1.29 is 17.7 Å². The molecule has 1 aromatic heterocycles. The zero-order valence-corrected chi connectivity index (χ0v) is 16.4. The summed E-state index contributed by atoms with van der Waals surface area (Å²) in [7, 11) is -3.77. The molecule has 0 aliphatic rings. The van der Waals surface area contributed by atoms with Gasteiger partial charge in [0.05, 0.1) is 0 Å². The second-order valence-corrected chi connectivity index (χ2v) is 8.00. The predicted molar refractivity (Wildman–Crippen MR) is 106 cm³/mol. The summed E-state index contributed by atoms with van der Waals surface area (Å²) in [5, 5.41) is 6.40. The van der Waals surface area contributed by atoms with Gasteiger partial charge in [-0.15, -0.1) is 0 Å². The molecule has 1 amide bonds. The number of benzene rings is 2. The van der Waals surface area contributed by atoms with Gasteiger partial charge < -0.3 is 9.84 Å². The van der Waals surface area contributed by atoms with Crippen molar-refractivity contribution >= 4 is 21.6 Å². The number of sulfonamides is 1. The molecule has 3 rings (SSSR count). The number of aryl methyl sites for hydroxylation is 2. The number of amides is 1. The lowest BCUT2D eigenvalue weighted by Gasteiger charge is -2.08. The number of aromatic nitrogens is 1. The number of carbonyl (C=O) groups excluding carboxylic acids is 1. The summed E-state index contributed by atoms with van der Waals surface area (Å²) in [6.07, 6.45) is 0.00302. The summed E-state index contributed by atoms with van der Waals surface area (Å²) in [5.41, 5.74) is 3.08. The molecule has 0 fully saturated rings. The molecule has 8 heteroatoms. The zero-order valence-electron chi connectivity index (χ0n) is 15.6. The van der Waals surface area contributed by atoms with E-state index in [-0.39, 0.29) is 35.2 Å². The molecule has 0 atom stereocenters. The van der Waals surface area contributed by atoms with Crippen LogP contribution in [0.15, 0.2) is 64.0 Å². The van der Waals surface area contributed by atoms with E-state index in [1.807, 2.05) is 54.6 Å². The van der Waals surface area contributed by atoms with Crippen molar-refractivity contribution in [3.63, 3.8) is 0 Å². The molecule has 0 saturated carbocycles. The lowest BCUT2D eigenvalue weighted by molar-refractivity contribution is -0.116. The normalized spacial score (nSPS) is 11.4. The minimum Gasteiger partial charge on any atom is -0.360 e. The first kappa shape index (κ1) is 19.8. The van der Waals surface area contributed by atoms with Gasteiger partial charge in [0.25, 0.3) is 0 Å². The zero-order chi connectivity index (χ0) is 20.1. The number of anilines is 1. The number of nitrogens with zero attached hydrogens (tertiary/aromatic N) is 1. The second-order valence-electron chi connectivity index (χ2n) is 6.29. The van der Waals surface area contributed by atoms with Gasteiger partial charge in [-0.3, -0.25) is 4.79 Å². The van der Waals surface area contributed by atoms with E-state index in [1.165, 1.54) is 6.92 Å². The van der Waals surface area contributed by atoms with Crippen molar-refractivity contribution in [2.24, 2.45) is 0 Å². The summed E-state index contributed by atoms with van der Waals surface area (Å²) in [4.78, 5) is 12.1. The van der Waals surface area contributed by atoms with Crippen LogP contribution in [0, 0.1) is 13.8 Å². The monoisotopic (exact) mass is 399 g/mol. The maximum Gasteiger partial charge on any atom is 0.245 e. The Morgan fingerprint density at radius 3 is 2.25 bits per heavy atom. The maximum absolute atomic E-state index is 12.3. The number of nitrogens with one attached hydrogen (secondary N) is 2. The van der Waals surface area contributed by atoms with Crippen molar-refractivity contribution in [1.29, 1.82) is 0 Å². The molecule has 0 unspecified atom stereocenters. The van der Waals surface area contributed by atoms with Gasteiger partial charge in [-0.05, 0) is 37.1 Å². The molecular weight excluding hydrogens is 378 g/mol. The molecule has 146 valence electrons. The Hall–Kier alpha value is -2.97. The summed E-state index contributed by atoms with van der Waals surface area (Å²) in [5.74, 6) is -0.0677. The Morgan fingerprint density at radius 1 is 1.00 bits per heavy atom. The minimum absolute atomic E-state index is 0.00302. The van der Waals surface area contributed by atoms with Gasteiger partial charge >= 0.3 is 0 Å².